The zero-order valence-corrected chi connectivity index (χ0v) is 15.1. The number of benzene rings is 1. The lowest BCUT2D eigenvalue weighted by molar-refractivity contribution is -0.129. The number of ether oxygens (including phenoxy) is 2. The Morgan fingerprint density at radius 1 is 1.17 bits per heavy atom. The summed E-state index contributed by atoms with van der Waals surface area (Å²) in [6.07, 6.45) is 4.37. The molecule has 0 atom stereocenters. The molecule has 0 aliphatic heterocycles. The van der Waals surface area contributed by atoms with E-state index < -0.39 is 0 Å². The maximum Gasteiger partial charge on any atom is 0.247 e. The molecule has 1 amide bonds. The lowest BCUT2D eigenvalue weighted by Gasteiger charge is -2.29. The minimum atomic E-state index is 0.0141. The molecule has 0 spiro atoms. The Labute approximate surface area is 140 Å². The third kappa shape index (κ3) is 5.62. The van der Waals surface area contributed by atoms with Gasteiger partial charge in [0.15, 0.2) is 11.5 Å². The van der Waals surface area contributed by atoms with Gasteiger partial charge in [-0.25, -0.2) is 0 Å². The van der Waals surface area contributed by atoms with Gasteiger partial charge in [-0.1, -0.05) is 13.0 Å². The molecular weight excluding hydrogens is 290 g/mol. The summed E-state index contributed by atoms with van der Waals surface area (Å²) in [5.41, 5.74) is 0.909. The predicted molar refractivity (Wildman–Crippen MR) is 94.9 cm³/mol. The van der Waals surface area contributed by atoms with Crippen LogP contribution in [0.25, 0.3) is 6.08 Å². The smallest absolute Gasteiger partial charge is 0.247 e. The number of carbonyl (C=O) groups excluding carboxylic acids is 1. The van der Waals surface area contributed by atoms with Crippen molar-refractivity contribution >= 4 is 12.0 Å². The van der Waals surface area contributed by atoms with Crippen molar-refractivity contribution in [3.8, 4) is 11.5 Å². The highest BCUT2D eigenvalue weighted by atomic mass is 16.5. The highest BCUT2D eigenvalue weighted by Gasteiger charge is 2.17. The molecule has 1 aromatic carbocycles. The number of hydrogen-bond donors (Lipinski definition) is 0. The van der Waals surface area contributed by atoms with Crippen molar-refractivity contribution in [3.63, 3.8) is 0 Å². The van der Waals surface area contributed by atoms with E-state index in [1.54, 1.807) is 13.2 Å². The summed E-state index contributed by atoms with van der Waals surface area (Å²) in [5.74, 6) is 1.42. The van der Waals surface area contributed by atoms with Gasteiger partial charge in [0.1, 0.15) is 0 Å². The summed E-state index contributed by atoms with van der Waals surface area (Å²) in [5, 5.41) is 0. The second kappa shape index (κ2) is 9.23. The van der Waals surface area contributed by atoms with Gasteiger partial charge < -0.3 is 14.4 Å². The van der Waals surface area contributed by atoms with E-state index in [9.17, 15) is 4.79 Å². The predicted octanol–water partition coefficient (Wildman–Crippen LogP) is 4.14. The molecule has 0 fully saturated rings. The van der Waals surface area contributed by atoms with Crippen LogP contribution < -0.4 is 9.47 Å². The molecule has 0 aliphatic carbocycles. The summed E-state index contributed by atoms with van der Waals surface area (Å²) < 4.78 is 11.0. The molecule has 0 radical (unpaired) electrons. The molecule has 1 aromatic rings. The fraction of sp³-hybridized carbons (Fsp3) is 0.526. The van der Waals surface area contributed by atoms with Gasteiger partial charge in [0.05, 0.1) is 13.7 Å². The van der Waals surface area contributed by atoms with Crippen LogP contribution >= 0.6 is 0 Å². The van der Waals surface area contributed by atoms with E-state index in [1.165, 1.54) is 0 Å². The molecule has 128 valence electrons. The van der Waals surface area contributed by atoms with E-state index in [0.717, 1.165) is 17.7 Å². The fourth-order valence-corrected chi connectivity index (χ4v) is 2.48. The van der Waals surface area contributed by atoms with E-state index in [0.29, 0.717) is 12.4 Å². The van der Waals surface area contributed by atoms with Crippen LogP contribution in [0.1, 0.15) is 46.6 Å². The Morgan fingerprint density at radius 3 is 2.35 bits per heavy atom. The van der Waals surface area contributed by atoms with Crippen LogP contribution in [0.2, 0.25) is 0 Å². The van der Waals surface area contributed by atoms with Gasteiger partial charge in [-0.2, -0.15) is 0 Å². The normalized spacial score (nSPS) is 11.3. The topological polar surface area (TPSA) is 38.8 Å². The van der Waals surface area contributed by atoms with Crippen molar-refractivity contribution in [1.82, 2.24) is 4.90 Å². The minimum Gasteiger partial charge on any atom is -0.493 e. The second-order valence-corrected chi connectivity index (χ2v) is 6.03. The van der Waals surface area contributed by atoms with Crippen molar-refractivity contribution in [3.05, 3.63) is 29.8 Å². The van der Waals surface area contributed by atoms with Crippen LogP contribution in [0.3, 0.4) is 0 Å². The quantitative estimate of drug-likeness (QED) is 0.676. The van der Waals surface area contributed by atoms with E-state index >= 15 is 0 Å². The first kappa shape index (κ1) is 19.1. The van der Waals surface area contributed by atoms with Crippen LogP contribution in [0.5, 0.6) is 11.5 Å². The average molecular weight is 319 g/mol. The Kier molecular flexibility index (Phi) is 7.66. The zero-order valence-electron chi connectivity index (χ0n) is 15.1. The highest BCUT2D eigenvalue weighted by molar-refractivity contribution is 5.92. The van der Waals surface area contributed by atoms with E-state index in [1.807, 2.05) is 56.9 Å². The van der Waals surface area contributed by atoms with Gasteiger partial charge in [-0.3, -0.25) is 4.79 Å². The molecule has 0 aromatic heterocycles. The van der Waals surface area contributed by atoms with Crippen molar-refractivity contribution in [2.75, 3.05) is 13.7 Å². The van der Waals surface area contributed by atoms with Crippen molar-refractivity contribution < 1.29 is 14.3 Å². The van der Waals surface area contributed by atoms with Crippen LogP contribution in [0.15, 0.2) is 24.3 Å². The lowest BCUT2D eigenvalue weighted by Crippen LogP contribution is -2.41. The molecule has 0 bridgehead atoms. The number of carbonyl (C=O) groups is 1. The van der Waals surface area contributed by atoms with Crippen molar-refractivity contribution in [2.24, 2.45) is 0 Å². The van der Waals surface area contributed by atoms with Crippen LogP contribution in [-0.2, 0) is 4.79 Å². The molecular formula is C19H29NO3. The SMILES string of the molecule is CCCOc1ccc(/C=C/C(=O)N(C(C)C)C(C)C)cc1OC. The monoisotopic (exact) mass is 319 g/mol. The van der Waals surface area contributed by atoms with E-state index in [2.05, 4.69) is 6.92 Å². The number of nitrogens with zero attached hydrogens (tertiary/aromatic N) is 1. The minimum absolute atomic E-state index is 0.0141. The maximum atomic E-state index is 12.3. The zero-order chi connectivity index (χ0) is 17.4. The molecule has 1 rings (SSSR count). The van der Waals surface area contributed by atoms with Gasteiger partial charge in [0.25, 0.3) is 0 Å². The molecule has 4 nitrogen and oxygen atoms in total. The van der Waals surface area contributed by atoms with Gasteiger partial charge >= 0.3 is 0 Å². The first-order chi connectivity index (χ1) is 10.9. The Hall–Kier alpha value is -1.97. The fourth-order valence-electron chi connectivity index (χ4n) is 2.48. The van der Waals surface area contributed by atoms with Crippen molar-refractivity contribution in [1.29, 1.82) is 0 Å². The standard InChI is InChI=1S/C19H29NO3/c1-7-12-23-17-10-8-16(13-18(17)22-6)9-11-19(21)20(14(2)3)15(4)5/h8-11,13-15H,7,12H2,1-6H3/b11-9+. The Morgan fingerprint density at radius 2 is 1.83 bits per heavy atom. The molecule has 4 heteroatoms. The van der Waals surface area contributed by atoms with E-state index in [4.69, 9.17) is 9.47 Å². The Bertz CT molecular complexity index is 527. The molecule has 0 aliphatic rings. The number of amides is 1. The molecule has 0 saturated carbocycles. The van der Waals surface area contributed by atoms with Gasteiger partial charge in [-0.05, 0) is 57.9 Å². The van der Waals surface area contributed by atoms with Crippen LogP contribution in [0, 0.1) is 0 Å². The second-order valence-electron chi connectivity index (χ2n) is 6.03. The molecule has 0 heterocycles. The maximum absolute atomic E-state index is 12.3. The molecule has 0 N–H and O–H groups in total. The lowest BCUT2D eigenvalue weighted by atomic mass is 10.1. The number of hydrogen-bond acceptors (Lipinski definition) is 3. The third-order valence-electron chi connectivity index (χ3n) is 3.43. The Balaban J connectivity index is 2.89. The van der Waals surface area contributed by atoms with Gasteiger partial charge in [0, 0.05) is 18.2 Å². The molecule has 0 saturated heterocycles. The van der Waals surface area contributed by atoms with Gasteiger partial charge in [0.2, 0.25) is 5.91 Å². The highest BCUT2D eigenvalue weighted by Crippen LogP contribution is 2.28. The molecule has 0 unspecified atom stereocenters. The number of methoxy groups -OCH3 is 1. The third-order valence-corrected chi connectivity index (χ3v) is 3.43. The number of rotatable bonds is 8. The summed E-state index contributed by atoms with van der Waals surface area (Å²) in [4.78, 5) is 14.2. The summed E-state index contributed by atoms with van der Waals surface area (Å²) >= 11 is 0. The summed E-state index contributed by atoms with van der Waals surface area (Å²) in [7, 11) is 1.62. The van der Waals surface area contributed by atoms with Gasteiger partial charge in [-0.15, -0.1) is 0 Å². The average Bonchev–Trinajstić information content (AvgIpc) is 2.50. The largest absolute Gasteiger partial charge is 0.493 e. The molecule has 23 heavy (non-hydrogen) atoms. The first-order valence-electron chi connectivity index (χ1n) is 8.21. The van der Waals surface area contributed by atoms with Crippen LogP contribution in [0.4, 0.5) is 0 Å². The van der Waals surface area contributed by atoms with E-state index in [-0.39, 0.29) is 18.0 Å². The summed E-state index contributed by atoms with van der Waals surface area (Å²) in [6, 6.07) is 6.02. The van der Waals surface area contributed by atoms with Crippen LogP contribution in [-0.4, -0.2) is 36.6 Å². The first-order valence-corrected chi connectivity index (χ1v) is 8.21. The van der Waals surface area contributed by atoms with Crippen molar-refractivity contribution in [2.45, 2.75) is 53.1 Å². The summed E-state index contributed by atoms with van der Waals surface area (Å²) in [6.45, 7) is 10.8.